The molecule has 1 fully saturated rings. The molecular formula is C25H21N5O. The SMILES string of the molecule is C#CCNc1nc(-c2ccccc2)cn2c(-c3ccc(C(=O)NC4CC4)cc3)cnc12. The topological polar surface area (TPSA) is 71.3 Å². The Morgan fingerprint density at radius 1 is 1.10 bits per heavy atom. The highest BCUT2D eigenvalue weighted by Gasteiger charge is 2.23. The molecule has 2 aromatic heterocycles. The van der Waals surface area contributed by atoms with Crippen molar-refractivity contribution >= 4 is 17.4 Å². The molecule has 1 saturated carbocycles. The lowest BCUT2D eigenvalue weighted by Crippen LogP contribution is -2.25. The second-order valence-electron chi connectivity index (χ2n) is 7.56. The van der Waals surface area contributed by atoms with Crippen LogP contribution in [0, 0.1) is 12.3 Å². The van der Waals surface area contributed by atoms with E-state index >= 15 is 0 Å². The van der Waals surface area contributed by atoms with Gasteiger partial charge in [-0.3, -0.25) is 9.20 Å². The van der Waals surface area contributed by atoms with Gasteiger partial charge in [0.15, 0.2) is 11.5 Å². The lowest BCUT2D eigenvalue weighted by molar-refractivity contribution is 0.0951. The molecule has 1 aliphatic carbocycles. The third-order valence-corrected chi connectivity index (χ3v) is 5.28. The Kier molecular flexibility index (Phi) is 4.85. The van der Waals surface area contributed by atoms with Gasteiger partial charge in [0.1, 0.15) is 0 Å². The van der Waals surface area contributed by atoms with E-state index < -0.39 is 0 Å². The van der Waals surface area contributed by atoms with Crippen LogP contribution in [0.25, 0.3) is 28.2 Å². The molecule has 2 heterocycles. The number of hydrogen-bond acceptors (Lipinski definition) is 4. The molecule has 2 N–H and O–H groups in total. The summed E-state index contributed by atoms with van der Waals surface area (Å²) in [5.41, 5.74) is 5.04. The van der Waals surface area contributed by atoms with Gasteiger partial charge in [-0.15, -0.1) is 6.42 Å². The van der Waals surface area contributed by atoms with E-state index in [0.717, 1.165) is 35.4 Å². The van der Waals surface area contributed by atoms with Crippen molar-refractivity contribution in [3.8, 4) is 34.9 Å². The van der Waals surface area contributed by atoms with Gasteiger partial charge in [0.25, 0.3) is 5.91 Å². The zero-order valence-corrected chi connectivity index (χ0v) is 16.9. The van der Waals surface area contributed by atoms with E-state index in [4.69, 9.17) is 11.4 Å². The van der Waals surface area contributed by atoms with Crippen molar-refractivity contribution in [2.75, 3.05) is 11.9 Å². The van der Waals surface area contributed by atoms with Crippen LogP contribution in [0.15, 0.2) is 67.0 Å². The maximum atomic E-state index is 12.3. The summed E-state index contributed by atoms with van der Waals surface area (Å²) in [6.07, 6.45) is 11.4. The van der Waals surface area contributed by atoms with E-state index in [0.29, 0.717) is 29.6 Å². The minimum absolute atomic E-state index is 0.0245. The highest BCUT2D eigenvalue weighted by atomic mass is 16.1. The molecule has 0 spiro atoms. The second kappa shape index (κ2) is 7.96. The molecule has 1 amide bonds. The van der Waals surface area contributed by atoms with Crippen molar-refractivity contribution in [1.29, 1.82) is 0 Å². The Balaban J connectivity index is 1.55. The number of nitrogens with zero attached hydrogens (tertiary/aromatic N) is 3. The number of hydrogen-bond donors (Lipinski definition) is 2. The zero-order chi connectivity index (χ0) is 21.2. The van der Waals surface area contributed by atoms with Gasteiger partial charge in [0.2, 0.25) is 0 Å². The molecule has 0 unspecified atom stereocenters. The lowest BCUT2D eigenvalue weighted by atomic mass is 10.1. The molecule has 0 radical (unpaired) electrons. The average Bonchev–Trinajstić information content (AvgIpc) is 3.53. The number of amides is 1. The Morgan fingerprint density at radius 2 is 1.87 bits per heavy atom. The number of aromatic nitrogens is 3. The molecule has 5 rings (SSSR count). The van der Waals surface area contributed by atoms with Gasteiger partial charge in [0.05, 0.1) is 24.1 Å². The Bertz CT molecular complexity index is 1280. The molecular weight excluding hydrogens is 386 g/mol. The van der Waals surface area contributed by atoms with E-state index in [1.165, 1.54) is 0 Å². The van der Waals surface area contributed by atoms with E-state index in [1.54, 1.807) is 0 Å². The van der Waals surface area contributed by atoms with Crippen molar-refractivity contribution in [1.82, 2.24) is 19.7 Å². The first kappa shape index (κ1) is 18.9. The number of benzene rings is 2. The number of carbonyl (C=O) groups excluding carboxylic acids is 1. The van der Waals surface area contributed by atoms with Crippen molar-refractivity contribution in [2.45, 2.75) is 18.9 Å². The summed E-state index contributed by atoms with van der Waals surface area (Å²) < 4.78 is 2.01. The van der Waals surface area contributed by atoms with Crippen molar-refractivity contribution in [2.24, 2.45) is 0 Å². The monoisotopic (exact) mass is 407 g/mol. The van der Waals surface area contributed by atoms with Gasteiger partial charge >= 0.3 is 0 Å². The fourth-order valence-electron chi connectivity index (χ4n) is 3.49. The second-order valence-corrected chi connectivity index (χ2v) is 7.56. The van der Waals surface area contributed by atoms with E-state index in [1.807, 2.05) is 71.4 Å². The summed E-state index contributed by atoms with van der Waals surface area (Å²) in [6.45, 7) is 0.355. The van der Waals surface area contributed by atoms with Gasteiger partial charge in [-0.2, -0.15) is 0 Å². The number of anilines is 1. The Hall–Kier alpha value is -4.11. The maximum Gasteiger partial charge on any atom is 0.251 e. The van der Waals surface area contributed by atoms with Crippen molar-refractivity contribution in [3.05, 3.63) is 72.6 Å². The lowest BCUT2D eigenvalue weighted by Gasteiger charge is -2.10. The fraction of sp³-hybridized carbons (Fsp3) is 0.160. The number of fused-ring (bicyclic) bond motifs is 1. The smallest absolute Gasteiger partial charge is 0.251 e. The van der Waals surface area contributed by atoms with E-state index in [9.17, 15) is 4.79 Å². The predicted octanol–water partition coefficient (Wildman–Crippen LogP) is 4.00. The summed E-state index contributed by atoms with van der Waals surface area (Å²) in [5, 5.41) is 6.19. The standard InChI is InChI=1S/C25H21N5O/c1-2-14-26-23-24-27-15-22(30(24)16-21(29-23)17-6-4-3-5-7-17)18-8-10-19(11-9-18)25(31)28-20-12-13-20/h1,3-11,15-16,20H,12-14H2,(H,26,29)(H,28,31). The summed E-state index contributed by atoms with van der Waals surface area (Å²) in [6, 6.07) is 17.9. The maximum absolute atomic E-state index is 12.3. The third-order valence-electron chi connectivity index (χ3n) is 5.28. The summed E-state index contributed by atoms with van der Waals surface area (Å²) in [4.78, 5) is 21.6. The first-order valence-electron chi connectivity index (χ1n) is 10.2. The molecule has 6 nitrogen and oxygen atoms in total. The molecule has 31 heavy (non-hydrogen) atoms. The van der Waals surface area contributed by atoms with Crippen LogP contribution in [0.3, 0.4) is 0 Å². The predicted molar refractivity (Wildman–Crippen MR) is 122 cm³/mol. The van der Waals surface area contributed by atoms with Gasteiger partial charge in [-0.25, -0.2) is 9.97 Å². The van der Waals surface area contributed by atoms with Crippen LogP contribution in [0.1, 0.15) is 23.2 Å². The number of carbonyl (C=O) groups is 1. The zero-order valence-electron chi connectivity index (χ0n) is 16.9. The van der Waals surface area contributed by atoms with Gasteiger partial charge < -0.3 is 10.6 Å². The number of terminal acetylenes is 1. The summed E-state index contributed by atoms with van der Waals surface area (Å²) >= 11 is 0. The first-order chi connectivity index (χ1) is 15.2. The summed E-state index contributed by atoms with van der Waals surface area (Å²) in [5.74, 6) is 3.19. The molecule has 1 aliphatic rings. The number of nitrogens with one attached hydrogen (secondary N) is 2. The molecule has 0 saturated heterocycles. The van der Waals surface area contributed by atoms with Crippen LogP contribution in [0.5, 0.6) is 0 Å². The van der Waals surface area contributed by atoms with Crippen molar-refractivity contribution in [3.63, 3.8) is 0 Å². The average molecular weight is 407 g/mol. The third kappa shape index (κ3) is 3.86. The molecule has 0 aliphatic heterocycles. The first-order valence-corrected chi connectivity index (χ1v) is 10.2. The quantitative estimate of drug-likeness (QED) is 0.474. The highest BCUT2D eigenvalue weighted by Crippen LogP contribution is 2.28. The molecule has 4 aromatic rings. The van der Waals surface area contributed by atoms with Crippen LogP contribution in [-0.2, 0) is 0 Å². The highest BCUT2D eigenvalue weighted by molar-refractivity contribution is 5.95. The van der Waals surface area contributed by atoms with E-state index in [2.05, 4.69) is 21.5 Å². The molecule has 2 aromatic carbocycles. The van der Waals surface area contributed by atoms with Crippen LogP contribution in [0.4, 0.5) is 5.82 Å². The number of imidazole rings is 1. The molecule has 0 bridgehead atoms. The van der Waals surface area contributed by atoms with Gasteiger partial charge in [-0.05, 0) is 25.0 Å². The fourth-order valence-corrected chi connectivity index (χ4v) is 3.49. The van der Waals surface area contributed by atoms with Crippen LogP contribution < -0.4 is 10.6 Å². The normalized spacial score (nSPS) is 13.0. The number of rotatable bonds is 6. The molecule has 152 valence electrons. The van der Waals surface area contributed by atoms with Crippen LogP contribution in [-0.4, -0.2) is 32.9 Å². The Labute approximate surface area is 180 Å². The van der Waals surface area contributed by atoms with Crippen LogP contribution in [0.2, 0.25) is 0 Å². The summed E-state index contributed by atoms with van der Waals surface area (Å²) in [7, 11) is 0. The molecule has 0 atom stereocenters. The molecule has 6 heteroatoms. The minimum atomic E-state index is -0.0245. The van der Waals surface area contributed by atoms with E-state index in [-0.39, 0.29) is 5.91 Å². The minimum Gasteiger partial charge on any atom is -0.356 e. The van der Waals surface area contributed by atoms with Gasteiger partial charge in [0, 0.05) is 28.9 Å². The largest absolute Gasteiger partial charge is 0.356 e. The van der Waals surface area contributed by atoms with Crippen molar-refractivity contribution < 1.29 is 4.79 Å². The van der Waals surface area contributed by atoms with Crippen LogP contribution >= 0.6 is 0 Å². The Morgan fingerprint density at radius 3 is 2.58 bits per heavy atom. The van der Waals surface area contributed by atoms with Gasteiger partial charge in [-0.1, -0.05) is 48.4 Å².